The third-order valence-corrected chi connectivity index (χ3v) is 8.18. The van der Waals surface area contributed by atoms with Gasteiger partial charge in [-0.3, -0.25) is 4.79 Å². The summed E-state index contributed by atoms with van der Waals surface area (Å²) in [6.07, 6.45) is 1.32. The van der Waals surface area contributed by atoms with E-state index < -0.39 is 17.5 Å². The molecule has 2 atom stereocenters. The predicted molar refractivity (Wildman–Crippen MR) is 153 cm³/mol. The van der Waals surface area contributed by atoms with E-state index in [2.05, 4.69) is 0 Å². The Morgan fingerprint density at radius 1 is 1.07 bits per heavy atom. The zero-order valence-electron chi connectivity index (χ0n) is 23.2. The first kappa shape index (κ1) is 28.4. The molecule has 1 N–H and O–H groups in total. The molecule has 2 aliphatic rings. The maximum Gasteiger partial charge on any atom is 0.232 e. The van der Waals surface area contributed by atoms with Gasteiger partial charge in [0.1, 0.15) is 5.82 Å². The average Bonchev–Trinajstić information content (AvgIpc) is 2.92. The quantitative estimate of drug-likeness (QED) is 0.349. The van der Waals surface area contributed by atoms with Crippen LogP contribution >= 0.6 is 11.6 Å². The van der Waals surface area contributed by atoms with Crippen LogP contribution < -0.4 is 14.4 Å². The first-order chi connectivity index (χ1) is 19.1. The number of ether oxygens (including phenoxy) is 3. The van der Waals surface area contributed by atoms with Crippen molar-refractivity contribution in [3.63, 3.8) is 0 Å². The van der Waals surface area contributed by atoms with Gasteiger partial charge in [0.2, 0.25) is 5.91 Å². The Balaban J connectivity index is 1.61. The maximum atomic E-state index is 15.8. The summed E-state index contributed by atoms with van der Waals surface area (Å²) in [7, 11) is 1.57. The number of carbonyl (C=O) groups is 1. The molecule has 2 aliphatic heterocycles. The molecule has 0 radical (unpaired) electrons. The fourth-order valence-corrected chi connectivity index (χ4v) is 6.00. The van der Waals surface area contributed by atoms with Crippen molar-refractivity contribution in [1.82, 2.24) is 0 Å². The second kappa shape index (κ2) is 11.4. The van der Waals surface area contributed by atoms with Crippen LogP contribution in [0.5, 0.6) is 11.5 Å². The summed E-state index contributed by atoms with van der Waals surface area (Å²) in [5.74, 6) is 0.255. The lowest BCUT2D eigenvalue weighted by Gasteiger charge is -2.39. The van der Waals surface area contributed by atoms with Crippen LogP contribution in [0.3, 0.4) is 0 Å². The van der Waals surface area contributed by atoms with Crippen molar-refractivity contribution in [2.75, 3.05) is 25.2 Å². The van der Waals surface area contributed by atoms with Gasteiger partial charge in [0.25, 0.3) is 0 Å². The minimum Gasteiger partial charge on any atom is -0.493 e. The molecule has 0 bridgehead atoms. The normalized spacial score (nSPS) is 19.4. The van der Waals surface area contributed by atoms with Crippen LogP contribution in [0.1, 0.15) is 61.9 Å². The van der Waals surface area contributed by atoms with Gasteiger partial charge in [0.05, 0.1) is 31.3 Å². The number of nitrogens with zero attached hydrogens (tertiary/aromatic N) is 1. The number of amides is 1. The third-order valence-electron chi connectivity index (χ3n) is 7.93. The molecule has 1 unspecified atom stereocenters. The van der Waals surface area contributed by atoms with E-state index in [1.54, 1.807) is 43.2 Å². The molecule has 6 nitrogen and oxygen atoms in total. The van der Waals surface area contributed by atoms with Crippen LogP contribution in [0.25, 0.3) is 0 Å². The van der Waals surface area contributed by atoms with Gasteiger partial charge in [-0.25, -0.2) is 4.39 Å². The SMILES string of the molecule is COc1cc2c(cc1OC(C)C)[C@H](c1ccc(Cl)cc1)N(c1ccc(C(C)(O)C3CCOCC3)c(F)c1)C(=O)C2. The lowest BCUT2D eigenvalue weighted by molar-refractivity contribution is -0.118. The number of fused-ring (bicyclic) bond motifs is 1. The van der Waals surface area contributed by atoms with Gasteiger partial charge in [-0.15, -0.1) is 0 Å². The van der Waals surface area contributed by atoms with Crippen molar-refractivity contribution >= 4 is 23.2 Å². The van der Waals surface area contributed by atoms with Crippen LogP contribution in [0, 0.1) is 11.7 Å². The van der Waals surface area contributed by atoms with Gasteiger partial charge < -0.3 is 24.2 Å². The molecule has 3 aromatic carbocycles. The summed E-state index contributed by atoms with van der Waals surface area (Å²) >= 11 is 6.20. The summed E-state index contributed by atoms with van der Waals surface area (Å²) < 4.78 is 32.9. The summed E-state index contributed by atoms with van der Waals surface area (Å²) in [4.78, 5) is 15.4. The molecule has 0 aromatic heterocycles. The number of rotatable bonds is 7. The first-order valence-electron chi connectivity index (χ1n) is 13.6. The van der Waals surface area contributed by atoms with E-state index in [1.807, 2.05) is 38.1 Å². The molecule has 3 aromatic rings. The summed E-state index contributed by atoms with van der Waals surface area (Å²) in [5.41, 5.74) is 1.75. The molecule has 0 aliphatic carbocycles. The van der Waals surface area contributed by atoms with E-state index >= 15 is 4.39 Å². The number of aliphatic hydroxyl groups is 1. The van der Waals surface area contributed by atoms with Gasteiger partial charge in [0.15, 0.2) is 11.5 Å². The Morgan fingerprint density at radius 3 is 2.40 bits per heavy atom. The van der Waals surface area contributed by atoms with E-state index in [0.717, 1.165) is 16.7 Å². The molecule has 1 fully saturated rings. The van der Waals surface area contributed by atoms with E-state index in [9.17, 15) is 9.90 Å². The predicted octanol–water partition coefficient (Wildman–Crippen LogP) is 6.59. The lowest BCUT2D eigenvalue weighted by atomic mass is 9.78. The smallest absolute Gasteiger partial charge is 0.232 e. The highest BCUT2D eigenvalue weighted by molar-refractivity contribution is 6.30. The molecule has 212 valence electrons. The molecule has 0 spiro atoms. The van der Waals surface area contributed by atoms with Crippen molar-refractivity contribution in [3.8, 4) is 11.5 Å². The Kier molecular flexibility index (Phi) is 8.09. The molecule has 1 saturated heterocycles. The number of anilines is 1. The molecular formula is C32H35ClFNO5. The van der Waals surface area contributed by atoms with Gasteiger partial charge in [-0.05, 0) is 92.6 Å². The molecule has 2 heterocycles. The fourth-order valence-electron chi connectivity index (χ4n) is 5.87. The topological polar surface area (TPSA) is 68.2 Å². The minimum absolute atomic E-state index is 0.0904. The lowest BCUT2D eigenvalue weighted by Crippen LogP contribution is -2.41. The molecular weight excluding hydrogens is 533 g/mol. The first-order valence-corrected chi connectivity index (χ1v) is 14.0. The van der Waals surface area contributed by atoms with Gasteiger partial charge >= 0.3 is 0 Å². The van der Waals surface area contributed by atoms with Crippen LogP contribution in [0.2, 0.25) is 5.02 Å². The number of hydrogen-bond donors (Lipinski definition) is 1. The molecule has 1 amide bonds. The number of halogens is 2. The van der Waals surface area contributed by atoms with Gasteiger partial charge in [-0.1, -0.05) is 29.8 Å². The minimum atomic E-state index is -1.36. The molecule has 40 heavy (non-hydrogen) atoms. The Hall–Kier alpha value is -3.13. The van der Waals surface area contributed by atoms with E-state index in [1.165, 1.54) is 6.07 Å². The maximum absolute atomic E-state index is 15.8. The molecule has 5 rings (SSSR count). The van der Waals surface area contributed by atoms with Crippen molar-refractivity contribution in [3.05, 3.63) is 87.7 Å². The van der Waals surface area contributed by atoms with E-state index in [4.69, 9.17) is 25.8 Å². The Morgan fingerprint density at radius 2 is 1.77 bits per heavy atom. The van der Waals surface area contributed by atoms with Crippen molar-refractivity contribution < 1.29 is 28.5 Å². The van der Waals surface area contributed by atoms with Crippen LogP contribution in [-0.4, -0.2) is 37.4 Å². The standard InChI is InChI=1S/C32H35ClFNO5/c1-19(2)40-29-18-25-21(15-28(29)38-4)16-30(36)35(31(25)20-5-7-23(33)8-6-20)24-9-10-26(27(34)17-24)32(3,37)22-11-13-39-14-12-22/h5-10,15,17-19,22,31,37H,11-14,16H2,1-4H3/t31-,32?/m0/s1. The zero-order valence-corrected chi connectivity index (χ0v) is 24.0. The van der Waals surface area contributed by atoms with Crippen LogP contribution in [0.15, 0.2) is 54.6 Å². The second-order valence-electron chi connectivity index (χ2n) is 11.0. The zero-order chi connectivity index (χ0) is 28.6. The van der Waals surface area contributed by atoms with E-state index in [0.29, 0.717) is 48.3 Å². The number of carbonyl (C=O) groups excluding carboxylic acids is 1. The van der Waals surface area contributed by atoms with Crippen molar-refractivity contribution in [2.24, 2.45) is 5.92 Å². The average molecular weight is 568 g/mol. The van der Waals surface area contributed by atoms with Crippen molar-refractivity contribution in [1.29, 1.82) is 0 Å². The van der Waals surface area contributed by atoms with Gasteiger partial charge in [-0.2, -0.15) is 0 Å². The van der Waals surface area contributed by atoms with Crippen LogP contribution in [-0.2, 0) is 21.6 Å². The third kappa shape index (κ3) is 5.42. The molecule has 0 saturated carbocycles. The highest BCUT2D eigenvalue weighted by Gasteiger charge is 2.39. The Labute approximate surface area is 239 Å². The fraction of sp³-hybridized carbons (Fsp3) is 0.406. The largest absolute Gasteiger partial charge is 0.493 e. The van der Waals surface area contributed by atoms with E-state index in [-0.39, 0.29) is 29.9 Å². The Bertz CT molecular complexity index is 1380. The highest BCUT2D eigenvalue weighted by atomic mass is 35.5. The summed E-state index contributed by atoms with van der Waals surface area (Å²) in [6.45, 7) is 6.61. The van der Waals surface area contributed by atoms with Crippen LogP contribution in [0.4, 0.5) is 10.1 Å². The van der Waals surface area contributed by atoms with Gasteiger partial charge in [0, 0.05) is 29.5 Å². The monoisotopic (exact) mass is 567 g/mol. The number of benzene rings is 3. The summed E-state index contributed by atoms with van der Waals surface area (Å²) in [5, 5.41) is 11.9. The number of methoxy groups -OCH3 is 1. The van der Waals surface area contributed by atoms with Crippen molar-refractivity contribution in [2.45, 2.75) is 57.8 Å². The highest BCUT2D eigenvalue weighted by Crippen LogP contribution is 2.45. The second-order valence-corrected chi connectivity index (χ2v) is 11.4. The summed E-state index contributed by atoms with van der Waals surface area (Å²) in [6, 6.07) is 15.2. The number of hydrogen-bond acceptors (Lipinski definition) is 5. The molecule has 8 heteroatoms.